The van der Waals surface area contributed by atoms with Crippen LogP contribution < -0.4 is 11.5 Å². The van der Waals surface area contributed by atoms with Crippen LogP contribution in [0.15, 0.2) is 0 Å². The van der Waals surface area contributed by atoms with E-state index in [1.54, 1.807) is 0 Å². The van der Waals surface area contributed by atoms with Crippen LogP contribution in [0.2, 0.25) is 0 Å². The molecule has 0 aliphatic rings. The third kappa shape index (κ3) is 1.26. The van der Waals surface area contributed by atoms with Crippen molar-refractivity contribution in [3.63, 3.8) is 0 Å². The molecule has 0 radical (unpaired) electrons. The van der Waals surface area contributed by atoms with Gasteiger partial charge in [0, 0.05) is 14.9 Å². The van der Waals surface area contributed by atoms with E-state index in [0.29, 0.717) is 0 Å². The molecule has 0 amide bonds. The van der Waals surface area contributed by atoms with Gasteiger partial charge in [-0.1, -0.05) is 0 Å². The third-order valence-corrected chi connectivity index (χ3v) is 3.89. The Kier molecular flexibility index (Phi) is 2.51. The SMILES string of the molecule is Cc1c(N)c(C)c(I)c(C)c1N. The Labute approximate surface area is 86.5 Å². The van der Waals surface area contributed by atoms with Crippen molar-refractivity contribution >= 4 is 34.0 Å². The van der Waals surface area contributed by atoms with E-state index in [2.05, 4.69) is 22.6 Å². The predicted octanol–water partition coefficient (Wildman–Crippen LogP) is 2.38. The fraction of sp³-hybridized carbons (Fsp3) is 0.333. The van der Waals surface area contributed by atoms with E-state index < -0.39 is 0 Å². The minimum Gasteiger partial charge on any atom is -0.398 e. The number of nitrogens with two attached hydrogens (primary N) is 2. The summed E-state index contributed by atoms with van der Waals surface area (Å²) in [6, 6.07) is 0. The molecule has 0 heterocycles. The number of halogens is 1. The highest BCUT2D eigenvalue weighted by molar-refractivity contribution is 14.1. The first-order valence-corrected chi connectivity index (χ1v) is 4.85. The fourth-order valence-corrected chi connectivity index (χ4v) is 1.81. The Morgan fingerprint density at radius 1 is 0.833 bits per heavy atom. The minimum absolute atomic E-state index is 0.822. The monoisotopic (exact) mass is 276 g/mol. The Bertz CT molecular complexity index is 227. The standard InChI is InChI=1S/C9H13IN2/c1-4-7(10)5(2)9(12)6(3)8(4)11/h11-12H2,1-3H3. The quantitative estimate of drug-likeness (QED) is 0.564. The van der Waals surface area contributed by atoms with Crippen LogP contribution in [0, 0.1) is 24.3 Å². The van der Waals surface area contributed by atoms with E-state index in [-0.39, 0.29) is 0 Å². The molecule has 66 valence electrons. The Morgan fingerprint density at radius 2 is 1.17 bits per heavy atom. The van der Waals surface area contributed by atoms with Crippen molar-refractivity contribution in [2.45, 2.75) is 20.8 Å². The molecule has 0 unspecified atom stereocenters. The van der Waals surface area contributed by atoms with E-state index in [9.17, 15) is 0 Å². The normalized spacial score (nSPS) is 10.3. The van der Waals surface area contributed by atoms with E-state index in [0.717, 1.165) is 28.1 Å². The lowest BCUT2D eigenvalue weighted by molar-refractivity contribution is 1.30. The molecular weight excluding hydrogens is 263 g/mol. The molecular formula is C9H13IN2. The second kappa shape index (κ2) is 3.12. The van der Waals surface area contributed by atoms with Crippen molar-refractivity contribution in [3.8, 4) is 0 Å². The van der Waals surface area contributed by atoms with Gasteiger partial charge >= 0.3 is 0 Å². The zero-order valence-electron chi connectivity index (χ0n) is 7.53. The summed E-state index contributed by atoms with van der Waals surface area (Å²) in [5, 5.41) is 0. The summed E-state index contributed by atoms with van der Waals surface area (Å²) in [5.41, 5.74) is 16.7. The first-order valence-electron chi connectivity index (χ1n) is 3.77. The molecule has 0 spiro atoms. The summed E-state index contributed by atoms with van der Waals surface area (Å²) in [7, 11) is 0. The largest absolute Gasteiger partial charge is 0.398 e. The first-order chi connectivity index (χ1) is 5.46. The van der Waals surface area contributed by atoms with Crippen molar-refractivity contribution in [1.29, 1.82) is 0 Å². The molecule has 1 aromatic carbocycles. The van der Waals surface area contributed by atoms with Crippen molar-refractivity contribution in [2.24, 2.45) is 0 Å². The fourth-order valence-electron chi connectivity index (χ4n) is 1.23. The average molecular weight is 276 g/mol. The smallest absolute Gasteiger partial charge is 0.0405 e. The van der Waals surface area contributed by atoms with E-state index in [4.69, 9.17) is 11.5 Å². The molecule has 3 heteroatoms. The minimum atomic E-state index is 0.822. The molecule has 0 atom stereocenters. The van der Waals surface area contributed by atoms with E-state index >= 15 is 0 Å². The van der Waals surface area contributed by atoms with Gasteiger partial charge in [0.25, 0.3) is 0 Å². The van der Waals surface area contributed by atoms with Crippen LogP contribution in [-0.4, -0.2) is 0 Å². The van der Waals surface area contributed by atoms with Crippen molar-refractivity contribution in [2.75, 3.05) is 11.5 Å². The van der Waals surface area contributed by atoms with Gasteiger partial charge in [0.15, 0.2) is 0 Å². The van der Waals surface area contributed by atoms with Gasteiger partial charge in [0.05, 0.1) is 0 Å². The van der Waals surface area contributed by atoms with E-state index in [1.807, 2.05) is 20.8 Å². The number of nitrogen functional groups attached to an aromatic ring is 2. The van der Waals surface area contributed by atoms with Gasteiger partial charge in [-0.15, -0.1) is 0 Å². The lowest BCUT2D eigenvalue weighted by Crippen LogP contribution is -2.04. The number of hydrogen-bond acceptors (Lipinski definition) is 2. The first kappa shape index (κ1) is 9.64. The number of anilines is 2. The molecule has 0 fully saturated rings. The molecule has 0 saturated heterocycles. The number of hydrogen-bond donors (Lipinski definition) is 2. The Hall–Kier alpha value is -0.450. The Morgan fingerprint density at radius 3 is 1.50 bits per heavy atom. The van der Waals surface area contributed by atoms with Crippen molar-refractivity contribution in [3.05, 3.63) is 20.3 Å². The predicted molar refractivity (Wildman–Crippen MR) is 62.2 cm³/mol. The van der Waals surface area contributed by atoms with Gasteiger partial charge in [0.1, 0.15) is 0 Å². The summed E-state index contributed by atoms with van der Waals surface area (Å²) in [6.07, 6.45) is 0. The topological polar surface area (TPSA) is 52.0 Å². The summed E-state index contributed by atoms with van der Waals surface area (Å²) in [6.45, 7) is 6.01. The summed E-state index contributed by atoms with van der Waals surface area (Å²) in [5.74, 6) is 0. The highest BCUT2D eigenvalue weighted by Crippen LogP contribution is 2.31. The number of rotatable bonds is 0. The van der Waals surface area contributed by atoms with Crippen LogP contribution >= 0.6 is 22.6 Å². The maximum atomic E-state index is 5.87. The molecule has 1 aromatic rings. The van der Waals surface area contributed by atoms with Crippen LogP contribution in [0.4, 0.5) is 11.4 Å². The molecule has 0 saturated carbocycles. The van der Waals surface area contributed by atoms with Gasteiger partial charge in [-0.25, -0.2) is 0 Å². The van der Waals surface area contributed by atoms with Crippen LogP contribution in [-0.2, 0) is 0 Å². The summed E-state index contributed by atoms with van der Waals surface area (Å²) >= 11 is 2.28. The lowest BCUT2D eigenvalue weighted by Gasteiger charge is -2.13. The summed E-state index contributed by atoms with van der Waals surface area (Å²) < 4.78 is 1.17. The van der Waals surface area contributed by atoms with Crippen molar-refractivity contribution in [1.82, 2.24) is 0 Å². The highest BCUT2D eigenvalue weighted by Gasteiger charge is 2.10. The molecule has 1 rings (SSSR count). The molecule has 0 aliphatic heterocycles. The molecule has 0 aromatic heterocycles. The van der Waals surface area contributed by atoms with Gasteiger partial charge < -0.3 is 11.5 Å². The molecule has 2 nitrogen and oxygen atoms in total. The molecule has 12 heavy (non-hydrogen) atoms. The third-order valence-electron chi connectivity index (χ3n) is 2.27. The highest BCUT2D eigenvalue weighted by atomic mass is 127. The summed E-state index contributed by atoms with van der Waals surface area (Å²) in [4.78, 5) is 0. The average Bonchev–Trinajstić information content (AvgIpc) is 2.08. The Balaban J connectivity index is 3.60. The molecule has 0 bridgehead atoms. The molecule has 4 N–H and O–H groups in total. The number of benzene rings is 1. The van der Waals surface area contributed by atoms with Crippen LogP contribution in [0.5, 0.6) is 0 Å². The zero-order chi connectivity index (χ0) is 9.46. The van der Waals surface area contributed by atoms with Crippen LogP contribution in [0.1, 0.15) is 16.7 Å². The maximum Gasteiger partial charge on any atom is 0.0405 e. The second-order valence-corrected chi connectivity index (χ2v) is 4.10. The van der Waals surface area contributed by atoms with Gasteiger partial charge in [0.2, 0.25) is 0 Å². The maximum absolute atomic E-state index is 5.87. The van der Waals surface area contributed by atoms with Gasteiger partial charge in [-0.3, -0.25) is 0 Å². The van der Waals surface area contributed by atoms with E-state index in [1.165, 1.54) is 3.57 Å². The van der Waals surface area contributed by atoms with Crippen LogP contribution in [0.3, 0.4) is 0 Å². The lowest BCUT2D eigenvalue weighted by atomic mass is 10.0. The van der Waals surface area contributed by atoms with Gasteiger partial charge in [-0.05, 0) is 60.1 Å². The molecule has 0 aliphatic carbocycles. The van der Waals surface area contributed by atoms with Gasteiger partial charge in [-0.2, -0.15) is 0 Å². The second-order valence-electron chi connectivity index (χ2n) is 3.02. The van der Waals surface area contributed by atoms with Crippen molar-refractivity contribution < 1.29 is 0 Å². The van der Waals surface area contributed by atoms with Crippen LogP contribution in [0.25, 0.3) is 0 Å². The zero-order valence-corrected chi connectivity index (χ0v) is 9.69.